The first kappa shape index (κ1) is 77.9. The number of carbonyl (C=O) groups excluding carboxylic acids is 11. The Labute approximate surface area is 550 Å². The largest absolute Gasteiger partial charge is 0.445 e. The third-order valence-electron chi connectivity index (χ3n) is 18.7. The number of aliphatic hydroxyl groups excluding tert-OH is 1. The fraction of sp³-hybridized carbons (Fsp3) is 0.643. The summed E-state index contributed by atoms with van der Waals surface area (Å²) in [5.74, 6) is -6.29. The van der Waals surface area contributed by atoms with Gasteiger partial charge in [-0.2, -0.15) is 0 Å². The van der Waals surface area contributed by atoms with Crippen molar-refractivity contribution in [1.82, 2.24) is 35.6 Å². The van der Waals surface area contributed by atoms with Crippen LogP contribution in [0.1, 0.15) is 170 Å². The van der Waals surface area contributed by atoms with E-state index in [-0.39, 0.29) is 134 Å². The quantitative estimate of drug-likeness (QED) is 0.0274. The average molecular weight is 1300 g/mol. The number of unbranched alkanes of at least 4 members (excludes halogenated alkanes) is 2. The third-order valence-corrected chi connectivity index (χ3v) is 18.7. The van der Waals surface area contributed by atoms with Crippen molar-refractivity contribution in [2.75, 3.05) is 46.2 Å². The van der Waals surface area contributed by atoms with Gasteiger partial charge in [-0.1, -0.05) is 125 Å². The number of benzene rings is 2. The highest BCUT2D eigenvalue weighted by atomic mass is 16.6. The number of likely N-dealkylation sites (tertiary alicyclic amines) is 1. The number of urea groups is 1. The summed E-state index contributed by atoms with van der Waals surface area (Å²) in [4.78, 5) is 153. The van der Waals surface area contributed by atoms with Crippen LogP contribution in [0.4, 0.5) is 15.3 Å². The van der Waals surface area contributed by atoms with Crippen molar-refractivity contribution < 1.29 is 67.3 Å². The lowest BCUT2D eigenvalue weighted by Gasteiger charge is -2.41. The van der Waals surface area contributed by atoms with E-state index in [1.807, 2.05) is 90.6 Å². The maximum absolute atomic E-state index is 14.9. The molecule has 1 fully saturated rings. The highest BCUT2D eigenvalue weighted by Gasteiger charge is 2.43. The lowest BCUT2D eigenvalue weighted by molar-refractivity contribution is -0.148. The summed E-state index contributed by atoms with van der Waals surface area (Å²) in [5, 5.41) is 22.1. The van der Waals surface area contributed by atoms with E-state index in [1.165, 1.54) is 31.2 Å². The number of rotatable bonds is 39. The molecule has 0 saturated carbocycles. The molecule has 23 heteroatoms. The van der Waals surface area contributed by atoms with E-state index in [0.717, 1.165) is 11.3 Å². The Morgan fingerprint density at radius 1 is 0.742 bits per heavy atom. The Balaban J connectivity index is 1.36. The Morgan fingerprint density at radius 2 is 1.39 bits per heavy atom. The zero-order valence-corrected chi connectivity index (χ0v) is 57.4. The minimum atomic E-state index is -0.959. The minimum absolute atomic E-state index is 0.0179. The molecule has 0 radical (unpaired) electrons. The number of amides is 10. The van der Waals surface area contributed by atoms with Gasteiger partial charge in [0.25, 0.3) is 11.8 Å². The van der Waals surface area contributed by atoms with Gasteiger partial charge in [-0.05, 0) is 98.3 Å². The number of primary amides is 1. The number of ether oxygens (including phenoxy) is 2. The van der Waals surface area contributed by atoms with Gasteiger partial charge >= 0.3 is 12.1 Å². The number of Topliss-reactive ketones (excluding diaryl/α,β-unsaturated/α-hetero) is 2. The number of nitrogens with two attached hydrogens (primary N) is 1. The Morgan fingerprint density at radius 3 is 1.97 bits per heavy atom. The first-order valence-electron chi connectivity index (χ1n) is 33.3. The fourth-order valence-electron chi connectivity index (χ4n) is 12.6. The molecular weight excluding hydrogens is 1190 g/mol. The molecule has 12 atom stereocenters. The van der Waals surface area contributed by atoms with Gasteiger partial charge < -0.3 is 56.3 Å². The van der Waals surface area contributed by atoms with Crippen LogP contribution in [0.5, 0.6) is 0 Å². The Hall–Kier alpha value is -7.53. The predicted octanol–water partition coefficient (Wildman–Crippen LogP) is 7.88. The molecule has 0 aromatic heterocycles. The van der Waals surface area contributed by atoms with E-state index in [2.05, 4.69) is 21.3 Å². The molecule has 516 valence electrons. The molecule has 1 saturated heterocycles. The second kappa shape index (κ2) is 38.0. The number of hydrogen-bond donors (Lipinski definition) is 6. The molecule has 10 amide bonds. The van der Waals surface area contributed by atoms with Gasteiger partial charge in [0.05, 0.1) is 42.8 Å². The fourth-order valence-corrected chi connectivity index (χ4v) is 12.6. The predicted molar refractivity (Wildman–Crippen MR) is 354 cm³/mol. The molecule has 2 aliphatic rings. The maximum atomic E-state index is 14.9. The third kappa shape index (κ3) is 23.2. The minimum Gasteiger partial charge on any atom is -0.445 e. The number of anilines is 1. The van der Waals surface area contributed by atoms with Crippen molar-refractivity contribution in [3.8, 4) is 0 Å². The standard InChI is InChI=1S/C70H107N9O14/c1-15-45(8)64(57(92-14)40-61(85)78-37-23-27-54(78)46(9)47(10)66(87)73-48(11)65(86)50-24-18-16-19-25-50)76(12)68(89)53(42(2)3)39-56(81)63(44(6)7)77(13)70(91)93-41-49-29-31-52(32-30-49)74-67(88)51(26-22-35-72-69(71)90)38-55(80)62(43(4)5)75-58(82)28-20-17-21-36-79-59(83)33-34-60(79)84/h16,18-19,24-25,29-34,42-48,51,53-54,57,62-65,86H,15,17,20-23,26-28,35-41H2,1-14H3,(H,73,87)(H,74,88)(H,75,82)(H3,71,72,90)/t45-,46?,47+,48+,51?,53-,54-,57+,62-,63-,64-,65+/m0/s1. The van der Waals surface area contributed by atoms with Crippen LogP contribution in [0.2, 0.25) is 0 Å². The van der Waals surface area contributed by atoms with Gasteiger partial charge in [0.2, 0.25) is 29.5 Å². The highest BCUT2D eigenvalue weighted by Crippen LogP contribution is 2.33. The molecule has 23 nitrogen and oxygen atoms in total. The summed E-state index contributed by atoms with van der Waals surface area (Å²) in [5.41, 5.74) is 6.91. The summed E-state index contributed by atoms with van der Waals surface area (Å²) < 4.78 is 11.9. The van der Waals surface area contributed by atoms with Gasteiger partial charge in [-0.15, -0.1) is 0 Å². The van der Waals surface area contributed by atoms with Gasteiger partial charge in [-0.25, -0.2) is 9.59 Å². The van der Waals surface area contributed by atoms with Gasteiger partial charge in [0.1, 0.15) is 6.61 Å². The number of likely N-dealkylation sites (N-methyl/N-ethyl adjacent to an activating group) is 2. The van der Waals surface area contributed by atoms with Crippen molar-refractivity contribution in [1.29, 1.82) is 0 Å². The molecule has 2 aliphatic heterocycles. The lowest BCUT2D eigenvalue weighted by atomic mass is 9.83. The van der Waals surface area contributed by atoms with E-state index in [0.29, 0.717) is 61.9 Å². The topological polar surface area (TPSA) is 314 Å². The normalized spacial score (nSPS) is 17.5. The zero-order valence-electron chi connectivity index (χ0n) is 57.4. The van der Waals surface area contributed by atoms with Crippen LogP contribution in [0, 0.1) is 47.3 Å². The molecule has 0 bridgehead atoms. The van der Waals surface area contributed by atoms with Crippen LogP contribution < -0.4 is 27.0 Å². The monoisotopic (exact) mass is 1300 g/mol. The van der Waals surface area contributed by atoms with Crippen LogP contribution in [-0.4, -0.2) is 167 Å². The molecule has 7 N–H and O–H groups in total. The maximum Gasteiger partial charge on any atom is 0.410 e. The average Bonchev–Trinajstić information content (AvgIpc) is 1.79. The first-order chi connectivity index (χ1) is 43.9. The van der Waals surface area contributed by atoms with E-state index in [4.69, 9.17) is 15.2 Å². The van der Waals surface area contributed by atoms with Crippen molar-refractivity contribution >= 4 is 70.7 Å². The molecular formula is C70H107N9O14. The van der Waals surface area contributed by atoms with E-state index < -0.39 is 72.2 Å². The van der Waals surface area contributed by atoms with Gasteiger partial charge in [-0.3, -0.25) is 48.1 Å². The number of hydrogen-bond acceptors (Lipinski definition) is 14. The summed E-state index contributed by atoms with van der Waals surface area (Å²) in [7, 11) is 4.71. The summed E-state index contributed by atoms with van der Waals surface area (Å²) in [6.45, 7) is 21.3. The Bertz CT molecular complexity index is 2850. The van der Waals surface area contributed by atoms with E-state index in [1.54, 1.807) is 57.0 Å². The number of aliphatic hydroxyl groups is 1. The van der Waals surface area contributed by atoms with Crippen LogP contribution in [-0.2, 0) is 59.2 Å². The second-order valence-electron chi connectivity index (χ2n) is 26.5. The molecule has 2 heterocycles. The van der Waals surface area contributed by atoms with Crippen molar-refractivity contribution in [3.05, 3.63) is 77.9 Å². The molecule has 2 aromatic rings. The molecule has 0 aliphatic carbocycles. The summed E-state index contributed by atoms with van der Waals surface area (Å²) in [6, 6.07) is 11.8. The number of imide groups is 1. The van der Waals surface area contributed by atoms with Crippen molar-refractivity contribution in [2.24, 2.45) is 53.1 Å². The van der Waals surface area contributed by atoms with Crippen LogP contribution in [0.25, 0.3) is 0 Å². The highest BCUT2D eigenvalue weighted by molar-refractivity contribution is 6.12. The molecule has 4 rings (SSSR count). The van der Waals surface area contributed by atoms with Gasteiger partial charge in [0.15, 0.2) is 11.6 Å². The summed E-state index contributed by atoms with van der Waals surface area (Å²) >= 11 is 0. The van der Waals surface area contributed by atoms with E-state index in [9.17, 15) is 57.8 Å². The van der Waals surface area contributed by atoms with Crippen molar-refractivity contribution in [2.45, 2.75) is 202 Å². The SMILES string of the molecule is CC[C@H](C)[C@@H]([C@@H](CC(=O)N1CCC[C@H]1C(C)[C@@H](C)C(=O)N[C@H](C)[C@@H](O)c1ccccc1)OC)N(C)C(=O)[C@@H](CC(=O)[C@H](C(C)C)N(C)C(=O)OCc1ccc(NC(=O)C(CCCNC(N)=O)CC(=O)[C@@H](NC(=O)CCCCCN2C(=O)C=CC2=O)C(C)C)cc1)C(C)C. The number of nitrogens with zero attached hydrogens (tertiary/aromatic N) is 4. The number of carbonyl (C=O) groups is 11. The smallest absolute Gasteiger partial charge is 0.410 e. The molecule has 2 aromatic carbocycles. The second-order valence-corrected chi connectivity index (χ2v) is 26.5. The number of nitrogens with one attached hydrogen (secondary N) is 4. The van der Waals surface area contributed by atoms with Crippen LogP contribution in [0.15, 0.2) is 66.7 Å². The number of methoxy groups -OCH3 is 1. The first-order valence-corrected chi connectivity index (χ1v) is 33.3. The number of ketones is 2. The summed E-state index contributed by atoms with van der Waals surface area (Å²) in [6.07, 6.45) is 4.02. The molecule has 93 heavy (non-hydrogen) atoms. The Kier molecular flexibility index (Phi) is 31.8. The zero-order chi connectivity index (χ0) is 69.4. The molecule has 0 spiro atoms. The van der Waals surface area contributed by atoms with Crippen LogP contribution in [0.3, 0.4) is 0 Å². The lowest BCUT2D eigenvalue weighted by Crippen LogP contribution is -2.54. The van der Waals surface area contributed by atoms with E-state index >= 15 is 0 Å². The molecule has 2 unspecified atom stereocenters. The van der Waals surface area contributed by atoms with Crippen molar-refractivity contribution in [3.63, 3.8) is 0 Å². The van der Waals surface area contributed by atoms with Crippen LogP contribution >= 0.6 is 0 Å². The van der Waals surface area contributed by atoms with Gasteiger partial charge in [0, 0.05) is 102 Å².